The molecular weight excluding hydrogens is 464 g/mol. The van der Waals surface area contributed by atoms with Crippen molar-refractivity contribution in [1.82, 2.24) is 0 Å². The van der Waals surface area contributed by atoms with Crippen molar-refractivity contribution in [3.63, 3.8) is 0 Å². The summed E-state index contributed by atoms with van der Waals surface area (Å²) >= 11 is 0. The van der Waals surface area contributed by atoms with Crippen LogP contribution >= 0.6 is 0 Å². The first kappa shape index (κ1) is 29.0. The highest BCUT2D eigenvalue weighted by molar-refractivity contribution is 6.05. The minimum Gasteiger partial charge on any atom is -0.491 e. The summed E-state index contributed by atoms with van der Waals surface area (Å²) in [6, 6.07) is 14.1. The molecule has 0 fully saturated rings. The lowest BCUT2D eigenvalue weighted by Crippen LogP contribution is -2.19. The number of hydrogen-bond donors (Lipinski definition) is 2. The van der Waals surface area contributed by atoms with Crippen LogP contribution in [0.5, 0.6) is 5.75 Å². The van der Waals surface area contributed by atoms with Crippen molar-refractivity contribution < 1.29 is 33.3 Å². The van der Waals surface area contributed by atoms with E-state index < -0.39 is 0 Å². The van der Waals surface area contributed by atoms with Gasteiger partial charge in [-0.05, 0) is 62.4 Å². The largest absolute Gasteiger partial charge is 0.491 e. The zero-order valence-corrected chi connectivity index (χ0v) is 21.2. The Labute approximate surface area is 212 Å². The molecular formula is C27H36N2O7. The van der Waals surface area contributed by atoms with Crippen LogP contribution in [0.1, 0.15) is 24.2 Å². The molecule has 0 saturated heterocycles. The van der Waals surface area contributed by atoms with Gasteiger partial charge in [0.15, 0.2) is 5.78 Å². The monoisotopic (exact) mass is 500 g/mol. The van der Waals surface area contributed by atoms with Gasteiger partial charge in [0, 0.05) is 24.0 Å². The van der Waals surface area contributed by atoms with E-state index in [4.69, 9.17) is 23.7 Å². The lowest BCUT2D eigenvalue weighted by Gasteiger charge is -2.12. The minimum atomic E-state index is -0.279. The molecule has 2 rings (SSSR count). The smallest absolute Gasteiger partial charge is 0.271 e. The summed E-state index contributed by atoms with van der Waals surface area (Å²) in [4.78, 5) is 24.1. The summed E-state index contributed by atoms with van der Waals surface area (Å²) in [5.41, 5.74) is 2.36. The highest BCUT2D eigenvalue weighted by Crippen LogP contribution is 2.18. The molecule has 0 aliphatic heterocycles. The Bertz CT molecular complexity index is 944. The van der Waals surface area contributed by atoms with E-state index >= 15 is 0 Å². The molecule has 36 heavy (non-hydrogen) atoms. The topological polar surface area (TPSA) is 104 Å². The maximum atomic E-state index is 12.6. The van der Waals surface area contributed by atoms with Gasteiger partial charge in [-0.15, -0.1) is 0 Å². The van der Waals surface area contributed by atoms with Crippen molar-refractivity contribution in [2.24, 2.45) is 0 Å². The molecule has 0 radical (unpaired) electrons. The third-order valence-electron chi connectivity index (χ3n) is 4.89. The second-order valence-corrected chi connectivity index (χ2v) is 7.62. The number of methoxy groups -OCH3 is 1. The summed E-state index contributed by atoms with van der Waals surface area (Å²) in [7, 11) is 1.64. The number of carbonyl (C=O) groups excluding carboxylic acids is 2. The van der Waals surface area contributed by atoms with Crippen LogP contribution < -0.4 is 15.4 Å². The van der Waals surface area contributed by atoms with Gasteiger partial charge in [-0.25, -0.2) is 0 Å². The van der Waals surface area contributed by atoms with Gasteiger partial charge in [0.1, 0.15) is 18.1 Å². The third kappa shape index (κ3) is 11.5. The van der Waals surface area contributed by atoms with E-state index in [0.29, 0.717) is 81.2 Å². The molecule has 9 nitrogen and oxygen atoms in total. The SMILES string of the molecule is C/C=C(\Nc1ccc(C(C)=O)cc1)C(=O)Nc1ccc(OCCOCCOCCOCCOC)cc1. The normalized spacial score (nSPS) is 11.2. The first-order valence-corrected chi connectivity index (χ1v) is 11.8. The van der Waals surface area contributed by atoms with E-state index in [0.717, 1.165) is 0 Å². The number of rotatable bonds is 18. The summed E-state index contributed by atoms with van der Waals surface area (Å²) < 4.78 is 26.7. The predicted octanol–water partition coefficient (Wildman–Crippen LogP) is 3.92. The molecule has 0 saturated carbocycles. The molecule has 2 aromatic carbocycles. The van der Waals surface area contributed by atoms with Gasteiger partial charge >= 0.3 is 0 Å². The molecule has 2 aromatic rings. The molecule has 0 aliphatic carbocycles. The van der Waals surface area contributed by atoms with Crippen molar-refractivity contribution in [2.75, 3.05) is 70.6 Å². The molecule has 196 valence electrons. The number of allylic oxidation sites excluding steroid dienone is 1. The number of carbonyl (C=O) groups is 2. The Morgan fingerprint density at radius 1 is 0.722 bits per heavy atom. The summed E-state index contributed by atoms with van der Waals surface area (Å²) in [5, 5.41) is 5.92. The fraction of sp³-hybridized carbons (Fsp3) is 0.407. The van der Waals surface area contributed by atoms with E-state index in [1.165, 1.54) is 6.92 Å². The van der Waals surface area contributed by atoms with Crippen molar-refractivity contribution in [3.05, 3.63) is 65.9 Å². The van der Waals surface area contributed by atoms with Gasteiger partial charge in [0.05, 0.1) is 46.2 Å². The fourth-order valence-corrected chi connectivity index (χ4v) is 2.94. The molecule has 0 aliphatic rings. The van der Waals surface area contributed by atoms with Crippen LogP contribution in [-0.2, 0) is 23.7 Å². The Kier molecular flexibility index (Phi) is 13.9. The first-order chi connectivity index (χ1) is 17.5. The zero-order valence-electron chi connectivity index (χ0n) is 21.2. The van der Waals surface area contributed by atoms with Crippen LogP contribution in [-0.4, -0.2) is 71.7 Å². The number of amides is 1. The predicted molar refractivity (Wildman–Crippen MR) is 139 cm³/mol. The molecule has 0 spiro atoms. The summed E-state index contributed by atoms with van der Waals surface area (Å²) in [5.74, 6) is 0.390. The zero-order chi connectivity index (χ0) is 26.0. The second kappa shape index (κ2) is 17.2. The van der Waals surface area contributed by atoms with E-state index in [9.17, 15) is 9.59 Å². The van der Waals surface area contributed by atoms with Gasteiger partial charge in [-0.2, -0.15) is 0 Å². The number of ketones is 1. The lowest BCUT2D eigenvalue weighted by molar-refractivity contribution is -0.112. The average Bonchev–Trinajstić information content (AvgIpc) is 2.89. The molecule has 0 bridgehead atoms. The highest BCUT2D eigenvalue weighted by atomic mass is 16.6. The fourth-order valence-electron chi connectivity index (χ4n) is 2.94. The van der Waals surface area contributed by atoms with Gasteiger partial charge < -0.3 is 34.3 Å². The van der Waals surface area contributed by atoms with Crippen LogP contribution in [0.2, 0.25) is 0 Å². The van der Waals surface area contributed by atoms with Crippen LogP contribution in [0.3, 0.4) is 0 Å². The molecule has 9 heteroatoms. The standard InChI is InChI=1S/C27H36N2O7/c1-4-26(28-23-7-5-22(6-8-23)21(2)30)27(31)29-24-9-11-25(12-10-24)36-20-19-35-18-17-34-16-15-33-14-13-32-3/h4-12,28H,13-20H2,1-3H3,(H,29,31)/b26-4-. The molecule has 0 atom stereocenters. The van der Waals surface area contributed by atoms with E-state index in [-0.39, 0.29) is 11.7 Å². The minimum absolute atomic E-state index is 0.00775. The van der Waals surface area contributed by atoms with E-state index in [1.807, 2.05) is 0 Å². The van der Waals surface area contributed by atoms with E-state index in [1.54, 1.807) is 68.6 Å². The molecule has 0 aromatic heterocycles. The van der Waals surface area contributed by atoms with Gasteiger partial charge in [0.2, 0.25) is 0 Å². The van der Waals surface area contributed by atoms with Crippen molar-refractivity contribution >= 4 is 23.1 Å². The van der Waals surface area contributed by atoms with Crippen LogP contribution in [0, 0.1) is 0 Å². The number of benzene rings is 2. The third-order valence-corrected chi connectivity index (χ3v) is 4.89. The second-order valence-electron chi connectivity index (χ2n) is 7.62. The first-order valence-electron chi connectivity index (χ1n) is 11.8. The molecule has 1 amide bonds. The lowest BCUT2D eigenvalue weighted by atomic mass is 10.1. The quantitative estimate of drug-likeness (QED) is 0.180. The van der Waals surface area contributed by atoms with Crippen LogP contribution in [0.4, 0.5) is 11.4 Å². The van der Waals surface area contributed by atoms with Gasteiger partial charge in [0.25, 0.3) is 5.91 Å². The Balaban J connectivity index is 1.63. The number of anilines is 2. The van der Waals surface area contributed by atoms with Crippen LogP contribution in [0.15, 0.2) is 60.3 Å². The Morgan fingerprint density at radius 3 is 1.75 bits per heavy atom. The molecule has 0 heterocycles. The summed E-state index contributed by atoms with van der Waals surface area (Å²) in [6.45, 7) is 7.30. The van der Waals surface area contributed by atoms with Gasteiger partial charge in [-0.1, -0.05) is 6.08 Å². The summed E-state index contributed by atoms with van der Waals surface area (Å²) in [6.07, 6.45) is 1.69. The molecule has 2 N–H and O–H groups in total. The maximum Gasteiger partial charge on any atom is 0.271 e. The number of hydrogen-bond acceptors (Lipinski definition) is 8. The number of Topliss-reactive ketones (excluding diaryl/α,β-unsaturated/α-hetero) is 1. The number of nitrogens with one attached hydrogen (secondary N) is 2. The van der Waals surface area contributed by atoms with Crippen molar-refractivity contribution in [2.45, 2.75) is 13.8 Å². The Morgan fingerprint density at radius 2 is 1.22 bits per heavy atom. The Hall–Kier alpha value is -3.24. The van der Waals surface area contributed by atoms with Crippen LogP contribution in [0.25, 0.3) is 0 Å². The van der Waals surface area contributed by atoms with Crippen molar-refractivity contribution in [1.29, 1.82) is 0 Å². The number of ether oxygens (including phenoxy) is 5. The average molecular weight is 501 g/mol. The van der Waals surface area contributed by atoms with Crippen molar-refractivity contribution in [3.8, 4) is 5.75 Å². The highest BCUT2D eigenvalue weighted by Gasteiger charge is 2.10. The van der Waals surface area contributed by atoms with E-state index in [2.05, 4.69) is 10.6 Å². The van der Waals surface area contributed by atoms with Gasteiger partial charge in [-0.3, -0.25) is 9.59 Å². The molecule has 0 unspecified atom stereocenters. The maximum absolute atomic E-state index is 12.6.